The molecule has 0 unspecified atom stereocenters. The maximum Gasteiger partial charge on any atom is 0.313 e. The van der Waals surface area contributed by atoms with Gasteiger partial charge < -0.3 is 20.5 Å². The number of hydrogen-bond donors (Lipinski definition) is 3. The molecular formula is C12H14F2N2O4. The number of aliphatic hydroxyl groups excluding tert-OH is 1. The van der Waals surface area contributed by atoms with Gasteiger partial charge in [0.25, 0.3) is 0 Å². The van der Waals surface area contributed by atoms with E-state index in [0.29, 0.717) is 0 Å². The highest BCUT2D eigenvalue weighted by molar-refractivity contribution is 6.39. The van der Waals surface area contributed by atoms with Crippen LogP contribution in [0.25, 0.3) is 0 Å². The van der Waals surface area contributed by atoms with Gasteiger partial charge in [-0.25, -0.2) is 8.78 Å². The van der Waals surface area contributed by atoms with Gasteiger partial charge in [0.2, 0.25) is 0 Å². The van der Waals surface area contributed by atoms with Crippen LogP contribution in [-0.2, 0) is 14.3 Å². The molecule has 110 valence electrons. The fraction of sp³-hybridized carbons (Fsp3) is 0.333. The Morgan fingerprint density at radius 2 is 1.95 bits per heavy atom. The van der Waals surface area contributed by atoms with Crippen LogP contribution in [0.4, 0.5) is 14.5 Å². The molecule has 8 heteroatoms. The number of anilines is 1. The molecule has 0 atom stereocenters. The average Bonchev–Trinajstić information content (AvgIpc) is 2.42. The van der Waals surface area contributed by atoms with Crippen LogP contribution in [0.3, 0.4) is 0 Å². The van der Waals surface area contributed by atoms with Crippen molar-refractivity contribution in [3.8, 4) is 0 Å². The number of benzene rings is 1. The molecule has 0 saturated heterocycles. The average molecular weight is 288 g/mol. The molecule has 0 heterocycles. The van der Waals surface area contributed by atoms with E-state index in [1.807, 2.05) is 5.32 Å². The Morgan fingerprint density at radius 3 is 2.65 bits per heavy atom. The van der Waals surface area contributed by atoms with Crippen molar-refractivity contribution in [1.29, 1.82) is 0 Å². The number of aliphatic hydroxyl groups is 1. The van der Waals surface area contributed by atoms with Crippen LogP contribution < -0.4 is 10.6 Å². The lowest BCUT2D eigenvalue weighted by molar-refractivity contribution is -0.136. The van der Waals surface area contributed by atoms with Gasteiger partial charge in [-0.1, -0.05) is 0 Å². The summed E-state index contributed by atoms with van der Waals surface area (Å²) in [6.07, 6.45) is 0. The van der Waals surface area contributed by atoms with Gasteiger partial charge in [-0.05, 0) is 12.1 Å². The minimum atomic E-state index is -1.11. The molecule has 1 rings (SSSR count). The van der Waals surface area contributed by atoms with E-state index in [-0.39, 0.29) is 26.4 Å². The first kappa shape index (κ1) is 16.0. The van der Waals surface area contributed by atoms with Gasteiger partial charge in [0.15, 0.2) is 0 Å². The Bertz CT molecular complexity index is 483. The summed E-state index contributed by atoms with van der Waals surface area (Å²) in [5.41, 5.74) is -0.415. The highest BCUT2D eigenvalue weighted by Crippen LogP contribution is 2.14. The summed E-state index contributed by atoms with van der Waals surface area (Å²) in [5.74, 6) is -3.70. The predicted molar refractivity (Wildman–Crippen MR) is 65.9 cm³/mol. The van der Waals surface area contributed by atoms with E-state index in [0.717, 1.165) is 18.2 Å². The summed E-state index contributed by atoms with van der Waals surface area (Å²) in [4.78, 5) is 22.7. The Hall–Kier alpha value is -2.06. The number of rotatable bonds is 6. The van der Waals surface area contributed by atoms with E-state index in [9.17, 15) is 18.4 Å². The first-order chi connectivity index (χ1) is 9.54. The molecule has 0 aliphatic rings. The second-order valence-electron chi connectivity index (χ2n) is 3.67. The summed E-state index contributed by atoms with van der Waals surface area (Å²) < 4.78 is 31.0. The number of halogens is 2. The van der Waals surface area contributed by atoms with E-state index < -0.39 is 29.1 Å². The first-order valence-corrected chi connectivity index (χ1v) is 5.77. The van der Waals surface area contributed by atoms with Crippen LogP contribution in [0.15, 0.2) is 18.2 Å². The molecule has 0 aromatic heterocycles. The van der Waals surface area contributed by atoms with Crippen molar-refractivity contribution in [2.75, 3.05) is 31.7 Å². The zero-order chi connectivity index (χ0) is 15.0. The molecule has 0 radical (unpaired) electrons. The van der Waals surface area contributed by atoms with Crippen molar-refractivity contribution < 1.29 is 28.2 Å². The van der Waals surface area contributed by atoms with Crippen LogP contribution in [0.2, 0.25) is 0 Å². The van der Waals surface area contributed by atoms with E-state index in [1.54, 1.807) is 0 Å². The number of carbonyl (C=O) groups excluding carboxylic acids is 2. The highest BCUT2D eigenvalue weighted by atomic mass is 19.1. The molecule has 0 spiro atoms. The molecule has 2 amide bonds. The Balaban J connectivity index is 2.41. The minimum absolute atomic E-state index is 0.0535. The predicted octanol–water partition coefficient (Wildman–Crippen LogP) is 0.0284. The molecular weight excluding hydrogens is 274 g/mol. The van der Waals surface area contributed by atoms with Crippen LogP contribution in [0.5, 0.6) is 0 Å². The molecule has 0 bridgehead atoms. The lowest BCUT2D eigenvalue weighted by Crippen LogP contribution is -2.37. The second-order valence-corrected chi connectivity index (χ2v) is 3.67. The molecule has 6 nitrogen and oxygen atoms in total. The third-order valence-corrected chi connectivity index (χ3v) is 2.15. The Kier molecular flexibility index (Phi) is 6.54. The van der Waals surface area contributed by atoms with Crippen molar-refractivity contribution in [1.82, 2.24) is 5.32 Å². The van der Waals surface area contributed by atoms with Gasteiger partial charge in [0.1, 0.15) is 11.6 Å². The SMILES string of the molecule is O=C(NCCOCCO)C(=O)Nc1cc(F)ccc1F. The van der Waals surface area contributed by atoms with Gasteiger partial charge in [0.05, 0.1) is 25.5 Å². The molecule has 0 fully saturated rings. The molecule has 0 aliphatic heterocycles. The van der Waals surface area contributed by atoms with Crippen LogP contribution in [-0.4, -0.2) is 43.3 Å². The summed E-state index contributed by atoms with van der Waals surface area (Å²) in [5, 5.41) is 12.6. The van der Waals surface area contributed by atoms with E-state index in [2.05, 4.69) is 5.32 Å². The molecule has 1 aromatic carbocycles. The van der Waals surface area contributed by atoms with Crippen LogP contribution in [0, 0.1) is 11.6 Å². The largest absolute Gasteiger partial charge is 0.394 e. The number of carbonyl (C=O) groups is 2. The zero-order valence-corrected chi connectivity index (χ0v) is 10.5. The van der Waals surface area contributed by atoms with Crippen LogP contribution >= 0.6 is 0 Å². The minimum Gasteiger partial charge on any atom is -0.394 e. The quantitative estimate of drug-likeness (QED) is 0.509. The fourth-order valence-corrected chi connectivity index (χ4v) is 1.26. The Labute approximate surface area is 113 Å². The number of hydrogen-bond acceptors (Lipinski definition) is 4. The highest BCUT2D eigenvalue weighted by Gasteiger charge is 2.15. The molecule has 0 aliphatic carbocycles. The maximum atomic E-state index is 13.2. The van der Waals surface area contributed by atoms with Crippen LogP contribution in [0.1, 0.15) is 0 Å². The number of nitrogens with one attached hydrogen (secondary N) is 2. The summed E-state index contributed by atoms with van der Waals surface area (Å²) in [6.45, 7) is 0.148. The van der Waals surface area contributed by atoms with Gasteiger partial charge >= 0.3 is 11.8 Å². The fourth-order valence-electron chi connectivity index (χ4n) is 1.26. The van der Waals surface area contributed by atoms with Crippen molar-refractivity contribution in [2.45, 2.75) is 0 Å². The third kappa shape index (κ3) is 5.29. The van der Waals surface area contributed by atoms with Gasteiger partial charge in [-0.15, -0.1) is 0 Å². The second kappa shape index (κ2) is 8.18. The normalized spacial score (nSPS) is 10.2. The van der Waals surface area contributed by atoms with E-state index in [1.165, 1.54) is 0 Å². The summed E-state index contributed by atoms with van der Waals surface area (Å²) in [6, 6.07) is 2.50. The first-order valence-electron chi connectivity index (χ1n) is 5.77. The summed E-state index contributed by atoms with van der Waals surface area (Å²) >= 11 is 0. The maximum absolute atomic E-state index is 13.2. The topological polar surface area (TPSA) is 87.7 Å². The van der Waals surface area contributed by atoms with E-state index in [4.69, 9.17) is 9.84 Å². The summed E-state index contributed by atoms with van der Waals surface area (Å²) in [7, 11) is 0. The van der Waals surface area contributed by atoms with Gasteiger partial charge in [0, 0.05) is 12.6 Å². The molecule has 1 aromatic rings. The van der Waals surface area contributed by atoms with Crippen molar-refractivity contribution in [2.24, 2.45) is 0 Å². The number of ether oxygens (including phenoxy) is 1. The Morgan fingerprint density at radius 1 is 1.20 bits per heavy atom. The van der Waals surface area contributed by atoms with Crippen molar-refractivity contribution >= 4 is 17.5 Å². The zero-order valence-electron chi connectivity index (χ0n) is 10.5. The van der Waals surface area contributed by atoms with E-state index >= 15 is 0 Å². The molecule has 20 heavy (non-hydrogen) atoms. The molecule has 0 saturated carbocycles. The lowest BCUT2D eigenvalue weighted by Gasteiger charge is -2.07. The van der Waals surface area contributed by atoms with Gasteiger partial charge in [-0.3, -0.25) is 9.59 Å². The monoisotopic (exact) mass is 288 g/mol. The number of amides is 2. The lowest BCUT2D eigenvalue weighted by atomic mass is 10.3. The van der Waals surface area contributed by atoms with Gasteiger partial charge in [-0.2, -0.15) is 0 Å². The van der Waals surface area contributed by atoms with Crippen molar-refractivity contribution in [3.63, 3.8) is 0 Å². The standard InChI is InChI=1S/C12H14F2N2O4/c13-8-1-2-9(14)10(7-8)16-12(19)11(18)15-3-5-20-6-4-17/h1-2,7,17H,3-6H2,(H,15,18)(H,16,19). The third-order valence-electron chi connectivity index (χ3n) is 2.15. The molecule has 3 N–H and O–H groups in total. The smallest absolute Gasteiger partial charge is 0.313 e. The van der Waals surface area contributed by atoms with Crippen molar-refractivity contribution in [3.05, 3.63) is 29.8 Å².